The molecule has 0 spiro atoms. The molecular weight excluding hydrogens is 314 g/mol. The normalized spacial score (nSPS) is 23.0. The van der Waals surface area contributed by atoms with Gasteiger partial charge < -0.3 is 14.4 Å². The molecule has 1 amide bonds. The van der Waals surface area contributed by atoms with Crippen molar-refractivity contribution in [2.24, 2.45) is 0 Å². The lowest BCUT2D eigenvalue weighted by atomic mass is 9.77. The Morgan fingerprint density at radius 3 is 2.20 bits per heavy atom. The average molecular weight is 343 g/mol. The number of benzene rings is 1. The summed E-state index contributed by atoms with van der Waals surface area (Å²) in [4.78, 5) is 15.8. The number of rotatable bonds is 2. The predicted octanol–water partition coefficient (Wildman–Crippen LogP) is 4.06. The lowest BCUT2D eigenvalue weighted by Crippen LogP contribution is -2.46. The number of hydrogen-bond acceptors (Lipinski definition) is 3. The van der Waals surface area contributed by atoms with Crippen molar-refractivity contribution in [1.82, 2.24) is 4.90 Å². The molecular formula is C21H29NO3. The molecule has 4 nitrogen and oxygen atoms in total. The number of amides is 1. The van der Waals surface area contributed by atoms with Gasteiger partial charge in [0.25, 0.3) is 0 Å². The molecule has 2 heterocycles. The van der Waals surface area contributed by atoms with Gasteiger partial charge in [0.05, 0.1) is 5.41 Å². The fourth-order valence-corrected chi connectivity index (χ4v) is 4.70. The Morgan fingerprint density at radius 2 is 1.48 bits per heavy atom. The van der Waals surface area contributed by atoms with Crippen LogP contribution in [0.25, 0.3) is 0 Å². The van der Waals surface area contributed by atoms with Crippen molar-refractivity contribution in [2.45, 2.75) is 63.2 Å². The quantitative estimate of drug-likeness (QED) is 0.813. The second-order valence-corrected chi connectivity index (χ2v) is 7.71. The van der Waals surface area contributed by atoms with Crippen molar-refractivity contribution in [3.8, 4) is 11.5 Å². The fraction of sp³-hybridized carbons (Fsp3) is 0.667. The topological polar surface area (TPSA) is 38.8 Å². The monoisotopic (exact) mass is 343 g/mol. The molecule has 1 aliphatic carbocycles. The van der Waals surface area contributed by atoms with Gasteiger partial charge in [0, 0.05) is 13.1 Å². The zero-order valence-corrected chi connectivity index (χ0v) is 15.1. The molecule has 2 fully saturated rings. The summed E-state index contributed by atoms with van der Waals surface area (Å²) in [7, 11) is 0. The van der Waals surface area contributed by atoms with Crippen LogP contribution in [0.4, 0.5) is 0 Å². The molecule has 0 atom stereocenters. The Kier molecular flexibility index (Phi) is 4.87. The number of carbonyl (C=O) groups is 1. The van der Waals surface area contributed by atoms with E-state index < -0.39 is 0 Å². The van der Waals surface area contributed by atoms with Crippen LogP contribution in [0, 0.1) is 0 Å². The predicted molar refractivity (Wildman–Crippen MR) is 97.2 cm³/mol. The van der Waals surface area contributed by atoms with Crippen molar-refractivity contribution < 1.29 is 14.3 Å². The molecule has 1 saturated heterocycles. The van der Waals surface area contributed by atoms with Crippen LogP contribution in [-0.2, 0) is 10.2 Å². The van der Waals surface area contributed by atoms with E-state index in [0.717, 1.165) is 68.7 Å². The lowest BCUT2D eigenvalue weighted by molar-refractivity contribution is -0.137. The average Bonchev–Trinajstić information content (AvgIpc) is 3.11. The standard InChI is InChI=1S/C21H29NO3/c23-20(22-12-6-2-1-3-7-13-22)21(10-4-5-11-21)17-8-9-18-19(16-17)25-15-14-24-18/h8-9,16H,1-7,10-15H2. The van der Waals surface area contributed by atoms with Crippen molar-refractivity contribution in [3.63, 3.8) is 0 Å². The fourth-order valence-electron chi connectivity index (χ4n) is 4.70. The third-order valence-electron chi connectivity index (χ3n) is 6.10. The summed E-state index contributed by atoms with van der Waals surface area (Å²) in [6, 6.07) is 6.16. The van der Waals surface area contributed by atoms with Crippen LogP contribution >= 0.6 is 0 Å². The van der Waals surface area contributed by atoms with Crippen LogP contribution in [-0.4, -0.2) is 37.1 Å². The van der Waals surface area contributed by atoms with Crippen LogP contribution in [0.15, 0.2) is 18.2 Å². The van der Waals surface area contributed by atoms with Gasteiger partial charge in [-0.15, -0.1) is 0 Å². The third-order valence-corrected chi connectivity index (χ3v) is 6.10. The zero-order valence-electron chi connectivity index (χ0n) is 15.1. The van der Waals surface area contributed by atoms with Gasteiger partial charge in [-0.05, 0) is 43.4 Å². The van der Waals surface area contributed by atoms with Crippen molar-refractivity contribution in [2.75, 3.05) is 26.3 Å². The first-order valence-corrected chi connectivity index (χ1v) is 9.99. The minimum absolute atomic E-state index is 0.351. The van der Waals surface area contributed by atoms with Crippen molar-refractivity contribution in [3.05, 3.63) is 23.8 Å². The molecule has 1 aromatic carbocycles. The summed E-state index contributed by atoms with van der Waals surface area (Å²) in [5.74, 6) is 1.96. The summed E-state index contributed by atoms with van der Waals surface area (Å²) in [6.07, 6.45) is 10.3. The molecule has 0 radical (unpaired) electrons. The highest BCUT2D eigenvalue weighted by Gasteiger charge is 2.45. The first-order chi connectivity index (χ1) is 12.3. The molecule has 4 heteroatoms. The van der Waals surface area contributed by atoms with E-state index >= 15 is 0 Å². The Labute approximate surface area is 150 Å². The molecule has 0 unspecified atom stereocenters. The minimum Gasteiger partial charge on any atom is -0.486 e. The van der Waals surface area contributed by atoms with Gasteiger partial charge in [-0.2, -0.15) is 0 Å². The van der Waals surface area contributed by atoms with E-state index in [2.05, 4.69) is 17.0 Å². The van der Waals surface area contributed by atoms with Gasteiger partial charge in [0.15, 0.2) is 11.5 Å². The number of likely N-dealkylation sites (tertiary alicyclic amines) is 1. The third kappa shape index (κ3) is 3.23. The van der Waals surface area contributed by atoms with E-state index in [1.807, 2.05) is 6.07 Å². The largest absolute Gasteiger partial charge is 0.486 e. The van der Waals surface area contributed by atoms with E-state index in [1.54, 1.807) is 0 Å². The SMILES string of the molecule is O=C(N1CCCCCCC1)C1(c2ccc3c(c2)OCCO3)CCCC1. The molecule has 3 aliphatic rings. The maximum Gasteiger partial charge on any atom is 0.233 e. The highest BCUT2D eigenvalue weighted by molar-refractivity contribution is 5.89. The van der Waals surface area contributed by atoms with Crippen molar-refractivity contribution in [1.29, 1.82) is 0 Å². The molecule has 25 heavy (non-hydrogen) atoms. The van der Waals surface area contributed by atoms with Crippen LogP contribution in [0.1, 0.15) is 63.4 Å². The van der Waals surface area contributed by atoms with Gasteiger partial charge in [-0.1, -0.05) is 38.2 Å². The first-order valence-electron chi connectivity index (χ1n) is 9.99. The number of fused-ring (bicyclic) bond motifs is 1. The summed E-state index contributed by atoms with van der Waals surface area (Å²) < 4.78 is 11.4. The zero-order chi connectivity index (χ0) is 17.1. The highest BCUT2D eigenvalue weighted by atomic mass is 16.6. The van der Waals surface area contributed by atoms with Gasteiger partial charge in [0.2, 0.25) is 5.91 Å². The van der Waals surface area contributed by atoms with Crippen LogP contribution in [0.3, 0.4) is 0 Å². The van der Waals surface area contributed by atoms with Crippen LogP contribution in [0.2, 0.25) is 0 Å². The Morgan fingerprint density at radius 1 is 0.840 bits per heavy atom. The van der Waals surface area contributed by atoms with Gasteiger partial charge in [-0.25, -0.2) is 0 Å². The Bertz CT molecular complexity index is 614. The maximum absolute atomic E-state index is 13.6. The molecule has 1 aromatic rings. The first kappa shape index (κ1) is 16.7. The summed E-state index contributed by atoms with van der Waals surface area (Å²) in [5.41, 5.74) is 0.774. The Balaban J connectivity index is 1.63. The number of nitrogens with zero attached hydrogens (tertiary/aromatic N) is 1. The maximum atomic E-state index is 13.6. The molecule has 0 N–H and O–H groups in total. The molecule has 4 rings (SSSR count). The van der Waals surface area contributed by atoms with Gasteiger partial charge >= 0.3 is 0 Å². The van der Waals surface area contributed by atoms with E-state index in [9.17, 15) is 4.79 Å². The molecule has 0 aromatic heterocycles. The number of ether oxygens (including phenoxy) is 2. The van der Waals surface area contributed by atoms with E-state index in [0.29, 0.717) is 19.1 Å². The molecule has 0 bridgehead atoms. The van der Waals surface area contributed by atoms with Gasteiger partial charge in [-0.3, -0.25) is 4.79 Å². The van der Waals surface area contributed by atoms with E-state index in [4.69, 9.17) is 9.47 Å². The van der Waals surface area contributed by atoms with Crippen molar-refractivity contribution >= 4 is 5.91 Å². The van der Waals surface area contributed by atoms with E-state index in [1.165, 1.54) is 19.3 Å². The summed E-state index contributed by atoms with van der Waals surface area (Å²) in [6.45, 7) is 3.03. The molecule has 1 saturated carbocycles. The molecule has 136 valence electrons. The lowest BCUT2D eigenvalue weighted by Gasteiger charge is -2.36. The summed E-state index contributed by atoms with van der Waals surface area (Å²) >= 11 is 0. The second-order valence-electron chi connectivity index (χ2n) is 7.71. The number of hydrogen-bond donors (Lipinski definition) is 0. The number of carbonyl (C=O) groups excluding carboxylic acids is 1. The Hall–Kier alpha value is -1.71. The van der Waals surface area contributed by atoms with Crippen LogP contribution in [0.5, 0.6) is 11.5 Å². The second kappa shape index (κ2) is 7.27. The van der Waals surface area contributed by atoms with Crippen LogP contribution < -0.4 is 9.47 Å². The highest BCUT2D eigenvalue weighted by Crippen LogP contribution is 2.45. The smallest absolute Gasteiger partial charge is 0.233 e. The summed E-state index contributed by atoms with van der Waals surface area (Å²) in [5, 5.41) is 0. The molecule has 2 aliphatic heterocycles. The van der Waals surface area contributed by atoms with Gasteiger partial charge in [0.1, 0.15) is 13.2 Å². The van der Waals surface area contributed by atoms with E-state index in [-0.39, 0.29) is 5.41 Å². The minimum atomic E-state index is -0.352.